The Labute approximate surface area is 190 Å². The van der Waals surface area contributed by atoms with E-state index in [0.29, 0.717) is 43.9 Å². The number of hydrogen-bond donors (Lipinski definition) is 2. The Morgan fingerprint density at radius 2 is 1.97 bits per heavy atom. The Balaban J connectivity index is 1.37. The minimum absolute atomic E-state index is 0.115. The van der Waals surface area contributed by atoms with E-state index in [1.807, 2.05) is 0 Å². The van der Waals surface area contributed by atoms with Crippen molar-refractivity contribution in [2.45, 2.75) is 32.3 Å². The van der Waals surface area contributed by atoms with Gasteiger partial charge in [0.2, 0.25) is 0 Å². The molecular weight excluding hydrogens is 434 g/mol. The minimum Gasteiger partial charge on any atom is -0.493 e. The van der Waals surface area contributed by atoms with E-state index in [9.17, 15) is 23.5 Å². The number of nitrogens with one attached hydrogen (secondary N) is 1. The van der Waals surface area contributed by atoms with E-state index in [2.05, 4.69) is 5.32 Å². The van der Waals surface area contributed by atoms with Crippen LogP contribution in [0.2, 0.25) is 0 Å². The Hall–Kier alpha value is -3.20. The van der Waals surface area contributed by atoms with E-state index in [-0.39, 0.29) is 35.4 Å². The van der Waals surface area contributed by atoms with Crippen LogP contribution in [0.25, 0.3) is 0 Å². The maximum atomic E-state index is 14.5. The fourth-order valence-corrected chi connectivity index (χ4v) is 4.05. The minimum atomic E-state index is -1.25. The number of benzene rings is 2. The normalized spacial score (nSPS) is 16.6. The van der Waals surface area contributed by atoms with Gasteiger partial charge in [-0.25, -0.2) is 8.78 Å². The summed E-state index contributed by atoms with van der Waals surface area (Å²) in [4.78, 5) is 26.0. The molecule has 2 aromatic carbocycles. The molecule has 0 aromatic heterocycles. The molecule has 0 aliphatic carbocycles. The highest BCUT2D eigenvalue weighted by atomic mass is 19.1. The molecule has 0 bridgehead atoms. The summed E-state index contributed by atoms with van der Waals surface area (Å²) in [7, 11) is 0. The number of rotatable bonds is 5. The predicted octanol–water partition coefficient (Wildman–Crippen LogP) is 3.45. The topological polar surface area (TPSA) is 88.1 Å². The van der Waals surface area contributed by atoms with Crippen LogP contribution in [0.3, 0.4) is 0 Å². The number of aliphatic hydroxyl groups is 1. The van der Waals surface area contributed by atoms with Gasteiger partial charge in [-0.05, 0) is 56.9 Å². The number of fused-ring (bicyclic) bond motifs is 1. The first-order chi connectivity index (χ1) is 15.6. The number of likely N-dealkylation sites (tertiary alicyclic amines) is 1. The number of nitrogens with zero attached hydrogens (tertiary/aromatic N) is 1. The lowest BCUT2D eigenvalue weighted by Crippen LogP contribution is -2.40. The number of halogens is 2. The standard InChI is InChI=1S/C24H26F2N2O5/c1-24(2,31)17-9-15(25)3-4-20(17)32-12-14-5-7-28(8-6-14)23(30)16-10-19-21(11-18(16)26)33-13-22(29)27-19/h3-4,9-11,14,31H,5-8,12-13H2,1-2H3,(H,27,29). The first-order valence-corrected chi connectivity index (χ1v) is 10.8. The van der Waals surface area contributed by atoms with Crippen molar-refractivity contribution in [2.24, 2.45) is 5.92 Å². The highest BCUT2D eigenvalue weighted by Crippen LogP contribution is 2.33. The van der Waals surface area contributed by atoms with Crippen molar-refractivity contribution in [3.8, 4) is 11.5 Å². The third-order valence-corrected chi connectivity index (χ3v) is 5.91. The summed E-state index contributed by atoms with van der Waals surface area (Å²) in [6, 6.07) is 6.48. The molecule has 2 aliphatic heterocycles. The molecule has 4 rings (SSSR count). The molecule has 2 aromatic rings. The number of anilines is 1. The number of hydrogen-bond acceptors (Lipinski definition) is 5. The Kier molecular flexibility index (Phi) is 6.25. The quantitative estimate of drug-likeness (QED) is 0.714. The molecule has 2 aliphatic rings. The lowest BCUT2D eigenvalue weighted by Gasteiger charge is -2.32. The molecule has 9 heteroatoms. The smallest absolute Gasteiger partial charge is 0.262 e. The van der Waals surface area contributed by atoms with E-state index in [0.717, 1.165) is 6.07 Å². The lowest BCUT2D eigenvalue weighted by atomic mass is 9.96. The molecule has 7 nitrogen and oxygen atoms in total. The average molecular weight is 460 g/mol. The second-order valence-corrected chi connectivity index (χ2v) is 8.91. The van der Waals surface area contributed by atoms with Crippen LogP contribution in [0.15, 0.2) is 30.3 Å². The number of carbonyl (C=O) groups is 2. The zero-order valence-electron chi connectivity index (χ0n) is 18.5. The van der Waals surface area contributed by atoms with Crippen LogP contribution in [0.5, 0.6) is 11.5 Å². The number of ether oxygens (including phenoxy) is 2. The summed E-state index contributed by atoms with van der Waals surface area (Å²) in [5, 5.41) is 12.9. The monoisotopic (exact) mass is 460 g/mol. The summed E-state index contributed by atoms with van der Waals surface area (Å²) < 4.78 is 39.2. The summed E-state index contributed by atoms with van der Waals surface area (Å²) >= 11 is 0. The van der Waals surface area contributed by atoms with Gasteiger partial charge in [-0.2, -0.15) is 0 Å². The third-order valence-electron chi connectivity index (χ3n) is 5.91. The molecule has 0 atom stereocenters. The molecular formula is C24H26F2N2O5. The second kappa shape index (κ2) is 8.97. The van der Waals surface area contributed by atoms with Gasteiger partial charge in [0.25, 0.3) is 11.8 Å². The van der Waals surface area contributed by atoms with E-state index in [4.69, 9.17) is 9.47 Å². The summed E-state index contributed by atoms with van der Waals surface area (Å²) in [6.07, 6.45) is 1.30. The Morgan fingerprint density at radius 1 is 1.24 bits per heavy atom. The van der Waals surface area contributed by atoms with Crippen LogP contribution in [0.1, 0.15) is 42.6 Å². The van der Waals surface area contributed by atoms with Crippen molar-refractivity contribution in [1.29, 1.82) is 0 Å². The van der Waals surface area contributed by atoms with Crippen LogP contribution in [0.4, 0.5) is 14.5 Å². The zero-order valence-corrected chi connectivity index (χ0v) is 18.5. The van der Waals surface area contributed by atoms with Crippen molar-refractivity contribution in [3.63, 3.8) is 0 Å². The van der Waals surface area contributed by atoms with E-state index in [1.165, 1.54) is 24.3 Å². The van der Waals surface area contributed by atoms with Gasteiger partial charge < -0.3 is 24.8 Å². The number of amides is 2. The van der Waals surface area contributed by atoms with E-state index in [1.54, 1.807) is 18.7 Å². The zero-order chi connectivity index (χ0) is 23.8. The number of carbonyl (C=O) groups excluding carboxylic acids is 2. The molecule has 176 valence electrons. The van der Waals surface area contributed by atoms with Crippen molar-refractivity contribution in [1.82, 2.24) is 4.90 Å². The van der Waals surface area contributed by atoms with Crippen molar-refractivity contribution >= 4 is 17.5 Å². The molecule has 2 amide bonds. The first-order valence-electron chi connectivity index (χ1n) is 10.8. The summed E-state index contributed by atoms with van der Waals surface area (Å²) in [6.45, 7) is 4.14. The molecule has 2 N–H and O–H groups in total. The Morgan fingerprint density at radius 3 is 2.67 bits per heavy atom. The highest BCUT2D eigenvalue weighted by molar-refractivity contribution is 6.00. The molecule has 1 fully saturated rings. The maximum absolute atomic E-state index is 14.5. The van der Waals surface area contributed by atoms with Gasteiger partial charge >= 0.3 is 0 Å². The molecule has 0 saturated carbocycles. The van der Waals surface area contributed by atoms with Crippen molar-refractivity contribution in [3.05, 3.63) is 53.1 Å². The van der Waals surface area contributed by atoms with Gasteiger partial charge in [0.15, 0.2) is 6.61 Å². The van der Waals surface area contributed by atoms with Crippen LogP contribution >= 0.6 is 0 Å². The van der Waals surface area contributed by atoms with Crippen molar-refractivity contribution < 1.29 is 33.0 Å². The molecule has 2 heterocycles. The first kappa shape index (κ1) is 23.0. The van der Waals surface area contributed by atoms with Crippen molar-refractivity contribution in [2.75, 3.05) is 31.6 Å². The van der Waals surface area contributed by atoms with Gasteiger partial charge in [0, 0.05) is 24.7 Å². The van der Waals surface area contributed by atoms with Crippen LogP contribution in [-0.4, -0.2) is 48.1 Å². The largest absolute Gasteiger partial charge is 0.493 e. The Bertz CT molecular complexity index is 1080. The SMILES string of the molecule is CC(C)(O)c1cc(F)ccc1OCC1CCN(C(=O)c2cc3c(cc2F)OCC(=O)N3)CC1. The van der Waals surface area contributed by atoms with Crippen LogP contribution < -0.4 is 14.8 Å². The van der Waals surface area contributed by atoms with Gasteiger partial charge in [-0.1, -0.05) is 0 Å². The summed E-state index contributed by atoms with van der Waals surface area (Å²) in [5.41, 5.74) is -0.720. The van der Waals surface area contributed by atoms with Gasteiger partial charge in [-0.3, -0.25) is 9.59 Å². The molecule has 1 saturated heterocycles. The fourth-order valence-electron chi connectivity index (χ4n) is 4.05. The number of piperidine rings is 1. The fraction of sp³-hybridized carbons (Fsp3) is 0.417. The molecule has 0 spiro atoms. The third kappa shape index (κ3) is 5.08. The maximum Gasteiger partial charge on any atom is 0.262 e. The van der Waals surface area contributed by atoms with E-state index >= 15 is 0 Å². The predicted molar refractivity (Wildman–Crippen MR) is 116 cm³/mol. The van der Waals surface area contributed by atoms with Crippen LogP contribution in [-0.2, 0) is 10.4 Å². The highest BCUT2D eigenvalue weighted by Gasteiger charge is 2.29. The van der Waals surface area contributed by atoms with Gasteiger partial charge in [0.05, 0.1) is 23.5 Å². The van der Waals surface area contributed by atoms with Gasteiger partial charge in [-0.15, -0.1) is 0 Å². The van der Waals surface area contributed by atoms with Gasteiger partial charge in [0.1, 0.15) is 23.1 Å². The molecule has 33 heavy (non-hydrogen) atoms. The average Bonchev–Trinajstić information content (AvgIpc) is 2.77. The second-order valence-electron chi connectivity index (χ2n) is 8.91. The summed E-state index contributed by atoms with van der Waals surface area (Å²) in [5.74, 6) is -1.19. The lowest BCUT2D eigenvalue weighted by molar-refractivity contribution is -0.118. The molecule has 0 unspecified atom stereocenters. The molecule has 0 radical (unpaired) electrons. The van der Waals surface area contributed by atoms with Crippen LogP contribution in [0, 0.1) is 17.6 Å². The van der Waals surface area contributed by atoms with E-state index < -0.39 is 23.1 Å².